The van der Waals surface area contributed by atoms with Crippen LogP contribution in [0.2, 0.25) is 0 Å². The van der Waals surface area contributed by atoms with Crippen molar-refractivity contribution in [1.29, 1.82) is 0 Å². The van der Waals surface area contributed by atoms with Crippen LogP contribution in [0.5, 0.6) is 0 Å². The maximum atomic E-state index is 11.6. The molecule has 0 atom stereocenters. The minimum atomic E-state index is -3.62. The van der Waals surface area contributed by atoms with Gasteiger partial charge in [-0.1, -0.05) is 0 Å². The highest BCUT2D eigenvalue weighted by atomic mass is 35.5. The summed E-state index contributed by atoms with van der Waals surface area (Å²) in [6, 6.07) is 1.22. The predicted octanol–water partition coefficient (Wildman–Crippen LogP) is -1.22. The summed E-state index contributed by atoms with van der Waals surface area (Å²) in [7, 11) is -2.07. The Morgan fingerprint density at radius 2 is 2.12 bits per heavy atom. The number of nitrogens with two attached hydrogens (primary N) is 2. The minimum Gasteiger partial charge on any atom is -0.364 e. The van der Waals surface area contributed by atoms with E-state index in [1.165, 1.54) is 16.8 Å². The number of rotatable bonds is 5. The Labute approximate surface area is 106 Å². The number of hydrogen-bond acceptors (Lipinski definition) is 4. The molecule has 1 heterocycles. The Morgan fingerprint density at radius 3 is 2.53 bits per heavy atom. The van der Waals surface area contributed by atoms with E-state index in [2.05, 4.69) is 4.72 Å². The van der Waals surface area contributed by atoms with Crippen molar-refractivity contribution < 1.29 is 13.2 Å². The molecule has 17 heavy (non-hydrogen) atoms. The lowest BCUT2D eigenvalue weighted by atomic mass is 10.4. The van der Waals surface area contributed by atoms with Crippen LogP contribution in [0.15, 0.2) is 17.2 Å². The van der Waals surface area contributed by atoms with Crippen molar-refractivity contribution in [1.82, 2.24) is 9.29 Å². The van der Waals surface area contributed by atoms with Crippen LogP contribution in [-0.4, -0.2) is 32.0 Å². The molecule has 0 aromatic carbocycles. The van der Waals surface area contributed by atoms with Crippen molar-refractivity contribution in [2.45, 2.75) is 4.90 Å². The van der Waals surface area contributed by atoms with Gasteiger partial charge in [-0.15, -0.1) is 12.4 Å². The van der Waals surface area contributed by atoms with Crippen molar-refractivity contribution in [3.05, 3.63) is 18.0 Å². The second kappa shape index (κ2) is 6.01. The summed E-state index contributed by atoms with van der Waals surface area (Å²) in [5, 5.41) is 0. The molecule has 1 rings (SSSR count). The van der Waals surface area contributed by atoms with Crippen molar-refractivity contribution in [2.24, 2.45) is 18.5 Å². The van der Waals surface area contributed by atoms with Gasteiger partial charge in [0.15, 0.2) is 0 Å². The number of hydrogen-bond donors (Lipinski definition) is 3. The summed E-state index contributed by atoms with van der Waals surface area (Å²) in [6.07, 6.45) is 1.32. The van der Waals surface area contributed by atoms with Crippen LogP contribution in [0.1, 0.15) is 10.5 Å². The first-order chi connectivity index (χ1) is 7.38. The molecule has 98 valence electrons. The summed E-state index contributed by atoms with van der Waals surface area (Å²) >= 11 is 0. The van der Waals surface area contributed by atoms with Gasteiger partial charge in [0.2, 0.25) is 10.0 Å². The topological polar surface area (TPSA) is 120 Å². The smallest absolute Gasteiger partial charge is 0.265 e. The molecule has 0 radical (unpaired) electrons. The first kappa shape index (κ1) is 15.9. The largest absolute Gasteiger partial charge is 0.364 e. The van der Waals surface area contributed by atoms with E-state index in [-0.39, 0.29) is 36.1 Å². The molecule has 1 aromatic heterocycles. The van der Waals surface area contributed by atoms with Crippen molar-refractivity contribution in [3.63, 3.8) is 0 Å². The van der Waals surface area contributed by atoms with Gasteiger partial charge < -0.3 is 16.0 Å². The van der Waals surface area contributed by atoms with Crippen LogP contribution in [0.25, 0.3) is 0 Å². The Balaban J connectivity index is 0.00000256. The van der Waals surface area contributed by atoms with Gasteiger partial charge in [0.05, 0.1) is 0 Å². The van der Waals surface area contributed by atoms with E-state index < -0.39 is 15.9 Å². The van der Waals surface area contributed by atoms with Gasteiger partial charge in [0.1, 0.15) is 10.6 Å². The zero-order valence-corrected chi connectivity index (χ0v) is 10.8. The first-order valence-corrected chi connectivity index (χ1v) is 6.02. The van der Waals surface area contributed by atoms with Gasteiger partial charge in [-0.2, -0.15) is 0 Å². The van der Waals surface area contributed by atoms with Gasteiger partial charge in [0, 0.05) is 26.3 Å². The Kier molecular flexibility index (Phi) is 5.62. The second-order valence-corrected chi connectivity index (χ2v) is 4.99. The van der Waals surface area contributed by atoms with Crippen LogP contribution in [0.3, 0.4) is 0 Å². The van der Waals surface area contributed by atoms with Crippen LogP contribution < -0.4 is 16.2 Å². The fourth-order valence-electron chi connectivity index (χ4n) is 1.20. The quantitative estimate of drug-likeness (QED) is 0.627. The number of nitrogens with zero attached hydrogens (tertiary/aromatic N) is 1. The summed E-state index contributed by atoms with van der Waals surface area (Å²) in [5.74, 6) is -0.678. The van der Waals surface area contributed by atoms with Crippen LogP contribution in [0, 0.1) is 0 Å². The second-order valence-electron chi connectivity index (χ2n) is 3.22. The monoisotopic (exact) mass is 282 g/mol. The molecule has 0 aliphatic carbocycles. The molecule has 9 heteroatoms. The van der Waals surface area contributed by atoms with Crippen molar-refractivity contribution in [2.75, 3.05) is 13.1 Å². The molecule has 0 bridgehead atoms. The average molecular weight is 283 g/mol. The number of sulfonamides is 1. The van der Waals surface area contributed by atoms with E-state index >= 15 is 0 Å². The molecule has 0 fully saturated rings. The molecule has 0 unspecified atom stereocenters. The standard InChI is InChI=1S/C8H14N4O3S.ClH/c1-12-5-6(4-7(12)8(10)13)16(14,15)11-3-2-9;/h4-5,11H,2-3,9H2,1H3,(H2,10,13);1H. The Bertz CT molecular complexity index is 497. The number of primary amides is 1. The highest BCUT2D eigenvalue weighted by Gasteiger charge is 2.18. The normalized spacial score (nSPS) is 10.9. The number of carbonyl (C=O) groups excluding carboxylic acids is 1. The molecule has 0 saturated heterocycles. The SMILES string of the molecule is Cl.Cn1cc(S(=O)(=O)NCCN)cc1C(N)=O. The fourth-order valence-corrected chi connectivity index (χ4v) is 2.32. The number of aromatic nitrogens is 1. The van der Waals surface area contributed by atoms with Crippen LogP contribution in [-0.2, 0) is 17.1 Å². The summed E-state index contributed by atoms with van der Waals surface area (Å²) in [5.41, 5.74) is 10.4. The van der Waals surface area contributed by atoms with Crippen LogP contribution in [0.4, 0.5) is 0 Å². The Morgan fingerprint density at radius 1 is 1.53 bits per heavy atom. The third-order valence-electron chi connectivity index (χ3n) is 1.98. The summed E-state index contributed by atoms with van der Waals surface area (Å²) in [6.45, 7) is 0.345. The van der Waals surface area contributed by atoms with E-state index in [9.17, 15) is 13.2 Å². The highest BCUT2D eigenvalue weighted by Crippen LogP contribution is 2.12. The fraction of sp³-hybridized carbons (Fsp3) is 0.375. The number of nitrogens with one attached hydrogen (secondary N) is 1. The lowest BCUT2D eigenvalue weighted by molar-refractivity contribution is 0.0992. The maximum Gasteiger partial charge on any atom is 0.265 e. The van der Waals surface area contributed by atoms with Crippen LogP contribution >= 0.6 is 12.4 Å². The van der Waals surface area contributed by atoms with Gasteiger partial charge >= 0.3 is 0 Å². The molecular weight excluding hydrogens is 268 g/mol. The molecule has 1 aromatic rings. The van der Waals surface area contributed by atoms with Gasteiger partial charge in [-0.25, -0.2) is 13.1 Å². The zero-order valence-electron chi connectivity index (χ0n) is 9.21. The number of amides is 1. The molecule has 0 saturated carbocycles. The zero-order chi connectivity index (χ0) is 12.3. The van der Waals surface area contributed by atoms with Gasteiger partial charge in [-0.3, -0.25) is 4.79 Å². The van der Waals surface area contributed by atoms with E-state index in [0.29, 0.717) is 0 Å². The molecular formula is C8H15ClN4O3S. The molecule has 1 amide bonds. The molecule has 0 spiro atoms. The predicted molar refractivity (Wildman–Crippen MR) is 65.4 cm³/mol. The molecule has 0 aliphatic heterocycles. The van der Waals surface area contributed by atoms with E-state index in [4.69, 9.17) is 11.5 Å². The maximum absolute atomic E-state index is 11.6. The number of aryl methyl sites for hydroxylation is 1. The van der Waals surface area contributed by atoms with E-state index in [0.717, 1.165) is 0 Å². The average Bonchev–Trinajstić information content (AvgIpc) is 2.58. The van der Waals surface area contributed by atoms with Crippen molar-refractivity contribution >= 4 is 28.3 Å². The Hall–Kier alpha value is -1.09. The molecule has 0 aliphatic rings. The lowest BCUT2D eigenvalue weighted by Crippen LogP contribution is -2.28. The number of halogens is 1. The lowest BCUT2D eigenvalue weighted by Gasteiger charge is -2.01. The summed E-state index contributed by atoms with van der Waals surface area (Å²) < 4.78 is 26.9. The van der Waals surface area contributed by atoms with Gasteiger partial charge in [-0.05, 0) is 6.07 Å². The van der Waals surface area contributed by atoms with E-state index in [1.807, 2.05) is 0 Å². The minimum absolute atomic E-state index is 0. The first-order valence-electron chi connectivity index (χ1n) is 4.54. The molecule has 7 nitrogen and oxygen atoms in total. The van der Waals surface area contributed by atoms with Gasteiger partial charge in [0.25, 0.3) is 5.91 Å². The molecule has 5 N–H and O–H groups in total. The number of carbonyl (C=O) groups is 1. The third kappa shape index (κ3) is 3.70. The van der Waals surface area contributed by atoms with Crippen molar-refractivity contribution in [3.8, 4) is 0 Å². The third-order valence-corrected chi connectivity index (χ3v) is 3.41. The summed E-state index contributed by atoms with van der Waals surface area (Å²) in [4.78, 5) is 10.9. The van der Waals surface area contributed by atoms with E-state index in [1.54, 1.807) is 7.05 Å². The highest BCUT2D eigenvalue weighted by molar-refractivity contribution is 7.89.